The van der Waals surface area contributed by atoms with Gasteiger partial charge in [-0.15, -0.1) is 10.2 Å². The highest BCUT2D eigenvalue weighted by atomic mass is 35.5. The molecule has 0 bridgehead atoms. The van der Waals surface area contributed by atoms with Crippen LogP contribution in [0.4, 0.5) is 0 Å². The molecular formula is C17H15ClN2O. The van der Waals surface area contributed by atoms with E-state index in [9.17, 15) is 0 Å². The average Bonchev–Trinajstić information content (AvgIpc) is 2.53. The van der Waals surface area contributed by atoms with E-state index in [1.165, 1.54) is 0 Å². The number of halogens is 1. The summed E-state index contributed by atoms with van der Waals surface area (Å²) in [4.78, 5) is 0. The normalized spacial score (nSPS) is 10.8. The second-order valence-corrected chi connectivity index (χ2v) is 5.19. The summed E-state index contributed by atoms with van der Waals surface area (Å²) in [5.41, 5.74) is 1.83. The number of nitrogens with zero attached hydrogens (tertiary/aromatic N) is 2. The first-order valence-corrected chi connectivity index (χ1v) is 7.31. The highest BCUT2D eigenvalue weighted by Crippen LogP contribution is 2.31. The zero-order valence-corrected chi connectivity index (χ0v) is 12.5. The van der Waals surface area contributed by atoms with Crippen molar-refractivity contribution in [3.8, 4) is 17.1 Å². The van der Waals surface area contributed by atoms with Crippen molar-refractivity contribution in [2.45, 2.75) is 13.3 Å². The lowest BCUT2D eigenvalue weighted by Gasteiger charge is -2.10. The van der Waals surface area contributed by atoms with Gasteiger partial charge in [0.05, 0.1) is 6.61 Å². The van der Waals surface area contributed by atoms with Crippen LogP contribution in [0.5, 0.6) is 5.88 Å². The van der Waals surface area contributed by atoms with Crippen molar-refractivity contribution in [1.82, 2.24) is 10.2 Å². The molecule has 0 aliphatic carbocycles. The highest BCUT2D eigenvalue weighted by Gasteiger charge is 2.11. The molecule has 2 aromatic carbocycles. The fourth-order valence-electron chi connectivity index (χ4n) is 2.21. The number of benzene rings is 2. The Kier molecular flexibility index (Phi) is 4.02. The van der Waals surface area contributed by atoms with Crippen LogP contribution in [0.25, 0.3) is 22.0 Å². The minimum absolute atomic E-state index is 0.588. The van der Waals surface area contributed by atoms with Crippen LogP contribution in [0.2, 0.25) is 5.02 Å². The lowest BCUT2D eigenvalue weighted by Crippen LogP contribution is -2.01. The van der Waals surface area contributed by atoms with Crippen molar-refractivity contribution in [3.05, 3.63) is 53.6 Å². The van der Waals surface area contributed by atoms with E-state index in [0.29, 0.717) is 17.5 Å². The molecule has 0 saturated heterocycles. The summed E-state index contributed by atoms with van der Waals surface area (Å²) in [5, 5.41) is 11.3. The third-order valence-corrected chi connectivity index (χ3v) is 3.47. The van der Waals surface area contributed by atoms with Crippen molar-refractivity contribution in [1.29, 1.82) is 0 Å². The van der Waals surface area contributed by atoms with E-state index in [1.807, 2.05) is 48.5 Å². The molecule has 0 aliphatic rings. The standard InChI is InChI=1S/C17H15ClN2O/c1-2-11-21-17-15-6-4-3-5-14(15)16(19-20-17)12-7-9-13(18)10-8-12/h3-10H,2,11H2,1H3. The minimum atomic E-state index is 0.588. The smallest absolute Gasteiger partial charge is 0.241 e. The van der Waals surface area contributed by atoms with Gasteiger partial charge in [-0.25, -0.2) is 0 Å². The number of fused-ring (bicyclic) bond motifs is 1. The lowest BCUT2D eigenvalue weighted by molar-refractivity contribution is 0.306. The average molecular weight is 299 g/mol. The van der Waals surface area contributed by atoms with E-state index in [-0.39, 0.29) is 0 Å². The summed E-state index contributed by atoms with van der Waals surface area (Å²) in [6, 6.07) is 15.6. The van der Waals surface area contributed by atoms with Crippen LogP contribution >= 0.6 is 11.6 Å². The molecule has 0 fully saturated rings. The molecule has 0 N–H and O–H groups in total. The summed E-state index contributed by atoms with van der Waals surface area (Å²) in [6.07, 6.45) is 0.939. The maximum absolute atomic E-state index is 5.94. The van der Waals surface area contributed by atoms with Crippen LogP contribution in [0.3, 0.4) is 0 Å². The number of hydrogen-bond acceptors (Lipinski definition) is 3. The first kappa shape index (κ1) is 13.8. The second kappa shape index (κ2) is 6.10. The number of hydrogen-bond donors (Lipinski definition) is 0. The van der Waals surface area contributed by atoms with Crippen LogP contribution in [0.1, 0.15) is 13.3 Å². The van der Waals surface area contributed by atoms with Gasteiger partial charge in [-0.3, -0.25) is 0 Å². The molecule has 0 aliphatic heterocycles. The largest absolute Gasteiger partial charge is 0.476 e. The molecule has 3 nitrogen and oxygen atoms in total. The molecule has 0 spiro atoms. The molecule has 3 aromatic rings. The Bertz CT molecular complexity index is 756. The van der Waals surface area contributed by atoms with Gasteiger partial charge in [-0.05, 0) is 24.6 Å². The van der Waals surface area contributed by atoms with Crippen molar-refractivity contribution in [2.75, 3.05) is 6.61 Å². The van der Waals surface area contributed by atoms with Crippen LogP contribution in [-0.2, 0) is 0 Å². The zero-order chi connectivity index (χ0) is 14.7. The Morgan fingerprint density at radius 2 is 1.67 bits per heavy atom. The molecule has 1 heterocycles. The highest BCUT2D eigenvalue weighted by molar-refractivity contribution is 6.30. The molecule has 21 heavy (non-hydrogen) atoms. The second-order valence-electron chi connectivity index (χ2n) is 4.75. The van der Waals surface area contributed by atoms with Gasteiger partial charge in [0.15, 0.2) is 0 Å². The van der Waals surface area contributed by atoms with Crippen molar-refractivity contribution in [3.63, 3.8) is 0 Å². The predicted octanol–water partition coefficient (Wildman–Crippen LogP) is 4.74. The van der Waals surface area contributed by atoms with Crippen LogP contribution in [-0.4, -0.2) is 16.8 Å². The summed E-state index contributed by atoms with van der Waals surface area (Å²) < 4.78 is 5.68. The number of ether oxygens (including phenoxy) is 1. The van der Waals surface area contributed by atoms with Gasteiger partial charge >= 0.3 is 0 Å². The number of rotatable bonds is 4. The summed E-state index contributed by atoms with van der Waals surface area (Å²) >= 11 is 5.94. The molecular weight excluding hydrogens is 284 g/mol. The van der Waals surface area contributed by atoms with Gasteiger partial charge in [-0.1, -0.05) is 48.9 Å². The zero-order valence-electron chi connectivity index (χ0n) is 11.7. The van der Waals surface area contributed by atoms with E-state index in [2.05, 4.69) is 17.1 Å². The van der Waals surface area contributed by atoms with E-state index >= 15 is 0 Å². The van der Waals surface area contributed by atoms with Crippen LogP contribution < -0.4 is 4.74 Å². The molecule has 0 amide bonds. The van der Waals surface area contributed by atoms with E-state index < -0.39 is 0 Å². The van der Waals surface area contributed by atoms with Crippen molar-refractivity contribution in [2.24, 2.45) is 0 Å². The molecule has 1 aromatic heterocycles. The lowest BCUT2D eigenvalue weighted by atomic mass is 10.1. The summed E-state index contributed by atoms with van der Waals surface area (Å²) in [7, 11) is 0. The van der Waals surface area contributed by atoms with E-state index in [4.69, 9.17) is 16.3 Å². The maximum atomic E-state index is 5.94. The Hall–Kier alpha value is -2.13. The SMILES string of the molecule is CCCOc1nnc(-c2ccc(Cl)cc2)c2ccccc12. The van der Waals surface area contributed by atoms with Gasteiger partial charge in [-0.2, -0.15) is 0 Å². The molecule has 0 unspecified atom stereocenters. The van der Waals surface area contributed by atoms with Crippen molar-refractivity contribution < 1.29 is 4.74 Å². The third-order valence-electron chi connectivity index (χ3n) is 3.21. The van der Waals surface area contributed by atoms with Crippen LogP contribution in [0.15, 0.2) is 48.5 Å². The predicted molar refractivity (Wildman–Crippen MR) is 85.8 cm³/mol. The van der Waals surface area contributed by atoms with Gasteiger partial charge in [0.1, 0.15) is 5.69 Å². The number of aromatic nitrogens is 2. The summed E-state index contributed by atoms with van der Waals surface area (Å²) in [5.74, 6) is 0.588. The molecule has 0 radical (unpaired) electrons. The van der Waals surface area contributed by atoms with E-state index in [1.54, 1.807) is 0 Å². The summed E-state index contributed by atoms with van der Waals surface area (Å²) in [6.45, 7) is 2.71. The van der Waals surface area contributed by atoms with Gasteiger partial charge < -0.3 is 4.74 Å². The molecule has 4 heteroatoms. The van der Waals surface area contributed by atoms with Crippen LogP contribution in [0, 0.1) is 0 Å². The van der Waals surface area contributed by atoms with E-state index in [0.717, 1.165) is 28.5 Å². The molecule has 0 atom stereocenters. The Morgan fingerprint density at radius 1 is 0.952 bits per heavy atom. The fraction of sp³-hybridized carbons (Fsp3) is 0.176. The first-order valence-electron chi connectivity index (χ1n) is 6.93. The Balaban J connectivity index is 2.14. The third kappa shape index (κ3) is 2.83. The molecule has 0 saturated carbocycles. The monoisotopic (exact) mass is 298 g/mol. The Morgan fingerprint density at radius 3 is 2.38 bits per heavy atom. The van der Waals surface area contributed by atoms with Gasteiger partial charge in [0.2, 0.25) is 5.88 Å². The van der Waals surface area contributed by atoms with Gasteiger partial charge in [0, 0.05) is 21.4 Å². The Labute approximate surface area is 128 Å². The van der Waals surface area contributed by atoms with Gasteiger partial charge in [0.25, 0.3) is 0 Å². The molecule has 106 valence electrons. The van der Waals surface area contributed by atoms with Crippen molar-refractivity contribution >= 4 is 22.4 Å². The maximum Gasteiger partial charge on any atom is 0.241 e. The minimum Gasteiger partial charge on any atom is -0.476 e. The molecule has 3 rings (SSSR count). The topological polar surface area (TPSA) is 35.0 Å². The fourth-order valence-corrected chi connectivity index (χ4v) is 2.33. The first-order chi connectivity index (χ1) is 10.3. The quantitative estimate of drug-likeness (QED) is 0.698.